The average molecular weight is 273 g/mol. The molecule has 1 N–H and O–H groups in total. The third-order valence-electron chi connectivity index (χ3n) is 2.97. The van der Waals surface area contributed by atoms with E-state index in [9.17, 15) is 9.59 Å². The number of aromatic nitrogens is 1. The maximum Gasteiger partial charge on any atom is 0.338 e. The second-order valence-corrected chi connectivity index (χ2v) is 4.32. The fraction of sp³-hybridized carbons (Fsp3) is 0.200. The molecule has 20 heavy (non-hydrogen) atoms. The molecule has 0 spiro atoms. The number of carbonyl (C=O) groups is 1. The van der Waals surface area contributed by atoms with Crippen LogP contribution in [0.1, 0.15) is 15.9 Å². The first-order chi connectivity index (χ1) is 9.55. The number of methoxy groups -OCH3 is 2. The minimum Gasteiger partial charge on any atom is -0.496 e. The zero-order valence-electron chi connectivity index (χ0n) is 11.5. The van der Waals surface area contributed by atoms with Gasteiger partial charge in [0.1, 0.15) is 5.75 Å². The van der Waals surface area contributed by atoms with Crippen LogP contribution >= 0.6 is 0 Å². The van der Waals surface area contributed by atoms with Crippen LogP contribution in [0.4, 0.5) is 0 Å². The minimum absolute atomic E-state index is 0.222. The first-order valence-corrected chi connectivity index (χ1v) is 6.03. The largest absolute Gasteiger partial charge is 0.496 e. The van der Waals surface area contributed by atoms with E-state index in [2.05, 4.69) is 9.72 Å². The van der Waals surface area contributed by atoms with Crippen molar-refractivity contribution in [3.8, 4) is 17.0 Å². The summed E-state index contributed by atoms with van der Waals surface area (Å²) in [6.07, 6.45) is 0. The van der Waals surface area contributed by atoms with E-state index in [4.69, 9.17) is 4.74 Å². The van der Waals surface area contributed by atoms with Crippen LogP contribution in [0.15, 0.2) is 35.1 Å². The second-order valence-electron chi connectivity index (χ2n) is 4.32. The monoisotopic (exact) mass is 273 g/mol. The lowest BCUT2D eigenvalue weighted by atomic mass is 10.1. The average Bonchev–Trinajstić information content (AvgIpc) is 2.45. The molecule has 1 heterocycles. The maximum absolute atomic E-state index is 11.6. The molecule has 0 fully saturated rings. The van der Waals surface area contributed by atoms with Gasteiger partial charge in [0.25, 0.3) is 0 Å². The number of nitrogens with one attached hydrogen (secondary N) is 1. The summed E-state index contributed by atoms with van der Waals surface area (Å²) in [7, 11) is 2.88. The van der Waals surface area contributed by atoms with Gasteiger partial charge in [0.2, 0.25) is 5.56 Å². The minimum atomic E-state index is -0.539. The molecule has 104 valence electrons. The smallest absolute Gasteiger partial charge is 0.338 e. The van der Waals surface area contributed by atoms with Gasteiger partial charge in [-0.3, -0.25) is 4.79 Å². The SMILES string of the molecule is COC(=O)c1cc(-c2ccc(OC)c(C)c2)[nH]c(=O)c1. The van der Waals surface area contributed by atoms with Gasteiger partial charge in [0.05, 0.1) is 19.8 Å². The molecule has 0 aliphatic heterocycles. The van der Waals surface area contributed by atoms with Gasteiger partial charge in [0.15, 0.2) is 0 Å². The molecule has 2 aromatic rings. The Balaban J connectivity index is 2.52. The van der Waals surface area contributed by atoms with E-state index in [1.807, 2.05) is 25.1 Å². The summed E-state index contributed by atoms with van der Waals surface area (Å²) in [4.78, 5) is 25.8. The number of esters is 1. The molecular formula is C15H15NO4. The van der Waals surface area contributed by atoms with Crippen molar-refractivity contribution in [3.05, 3.63) is 51.8 Å². The number of carbonyl (C=O) groups excluding carboxylic acids is 1. The van der Waals surface area contributed by atoms with Crippen LogP contribution < -0.4 is 10.3 Å². The van der Waals surface area contributed by atoms with Crippen molar-refractivity contribution >= 4 is 5.97 Å². The van der Waals surface area contributed by atoms with Gasteiger partial charge in [-0.05, 0) is 42.3 Å². The van der Waals surface area contributed by atoms with Crippen LogP contribution in [-0.2, 0) is 4.74 Å². The van der Waals surface area contributed by atoms with Crippen molar-refractivity contribution in [2.75, 3.05) is 14.2 Å². The summed E-state index contributed by atoms with van der Waals surface area (Å²) >= 11 is 0. The quantitative estimate of drug-likeness (QED) is 0.870. The normalized spacial score (nSPS) is 10.2. The van der Waals surface area contributed by atoms with E-state index in [0.717, 1.165) is 16.9 Å². The Morgan fingerprint density at radius 3 is 2.50 bits per heavy atom. The van der Waals surface area contributed by atoms with Crippen molar-refractivity contribution in [2.45, 2.75) is 6.92 Å². The molecule has 1 aromatic heterocycles. The molecule has 2 rings (SSSR count). The van der Waals surface area contributed by atoms with Crippen LogP contribution in [0.25, 0.3) is 11.3 Å². The third kappa shape index (κ3) is 2.71. The Labute approximate surface area is 116 Å². The van der Waals surface area contributed by atoms with Gasteiger partial charge in [-0.15, -0.1) is 0 Å². The Hall–Kier alpha value is -2.56. The van der Waals surface area contributed by atoms with Gasteiger partial charge in [-0.2, -0.15) is 0 Å². The number of benzene rings is 1. The van der Waals surface area contributed by atoms with E-state index in [1.54, 1.807) is 13.2 Å². The molecule has 0 radical (unpaired) electrons. The van der Waals surface area contributed by atoms with Crippen molar-refractivity contribution < 1.29 is 14.3 Å². The lowest BCUT2D eigenvalue weighted by Crippen LogP contribution is -2.11. The highest BCUT2D eigenvalue weighted by Crippen LogP contribution is 2.24. The van der Waals surface area contributed by atoms with Crippen LogP contribution in [0.5, 0.6) is 5.75 Å². The van der Waals surface area contributed by atoms with Crippen LogP contribution in [0.3, 0.4) is 0 Å². The highest BCUT2D eigenvalue weighted by molar-refractivity contribution is 5.90. The second kappa shape index (κ2) is 5.61. The number of hydrogen-bond acceptors (Lipinski definition) is 4. The zero-order chi connectivity index (χ0) is 14.7. The summed E-state index contributed by atoms with van der Waals surface area (Å²) < 4.78 is 9.82. The number of ether oxygens (including phenoxy) is 2. The first-order valence-electron chi connectivity index (χ1n) is 6.03. The molecule has 0 aliphatic rings. The van der Waals surface area contributed by atoms with Crippen molar-refractivity contribution in [2.24, 2.45) is 0 Å². The predicted molar refractivity (Wildman–Crippen MR) is 75.1 cm³/mol. The highest BCUT2D eigenvalue weighted by Gasteiger charge is 2.10. The lowest BCUT2D eigenvalue weighted by Gasteiger charge is -2.08. The molecule has 0 bridgehead atoms. The molecule has 5 nitrogen and oxygen atoms in total. The number of rotatable bonds is 3. The van der Waals surface area contributed by atoms with Gasteiger partial charge >= 0.3 is 5.97 Å². The summed E-state index contributed by atoms with van der Waals surface area (Å²) in [5, 5.41) is 0. The number of hydrogen-bond donors (Lipinski definition) is 1. The van der Waals surface area contributed by atoms with Crippen molar-refractivity contribution in [1.29, 1.82) is 0 Å². The standard InChI is InChI=1S/C15H15NO4/c1-9-6-10(4-5-13(9)19-2)12-7-11(15(18)20-3)8-14(17)16-12/h4-8H,1-3H3,(H,16,17). The Morgan fingerprint density at radius 2 is 1.90 bits per heavy atom. The van der Waals surface area contributed by atoms with E-state index in [0.29, 0.717) is 5.69 Å². The van der Waals surface area contributed by atoms with E-state index >= 15 is 0 Å². The number of pyridine rings is 1. The molecule has 0 saturated carbocycles. The fourth-order valence-electron chi connectivity index (χ4n) is 1.98. The molecule has 0 unspecified atom stereocenters. The van der Waals surface area contributed by atoms with Crippen LogP contribution in [-0.4, -0.2) is 25.2 Å². The van der Waals surface area contributed by atoms with Gasteiger partial charge < -0.3 is 14.5 Å². The molecule has 1 aromatic carbocycles. The summed E-state index contributed by atoms with van der Waals surface area (Å²) in [6, 6.07) is 8.32. The van der Waals surface area contributed by atoms with Gasteiger partial charge in [0, 0.05) is 11.8 Å². The number of H-pyrrole nitrogens is 1. The summed E-state index contributed by atoms with van der Waals surface area (Å²) in [5.41, 5.74) is 2.17. The number of aromatic amines is 1. The van der Waals surface area contributed by atoms with E-state index < -0.39 is 5.97 Å². The Morgan fingerprint density at radius 1 is 1.15 bits per heavy atom. The van der Waals surface area contributed by atoms with Gasteiger partial charge in [-0.25, -0.2) is 4.79 Å². The zero-order valence-corrected chi connectivity index (χ0v) is 11.5. The molecule has 0 aliphatic carbocycles. The fourth-order valence-corrected chi connectivity index (χ4v) is 1.98. The predicted octanol–water partition coefficient (Wildman–Crippen LogP) is 2.15. The van der Waals surface area contributed by atoms with Crippen molar-refractivity contribution in [3.63, 3.8) is 0 Å². The van der Waals surface area contributed by atoms with Crippen LogP contribution in [0.2, 0.25) is 0 Å². The first kappa shape index (κ1) is 13.9. The molecule has 0 amide bonds. The molecular weight excluding hydrogens is 258 g/mol. The molecule has 5 heteroatoms. The van der Waals surface area contributed by atoms with Crippen LogP contribution in [0, 0.1) is 6.92 Å². The van der Waals surface area contributed by atoms with Gasteiger partial charge in [-0.1, -0.05) is 0 Å². The molecule has 0 saturated heterocycles. The van der Waals surface area contributed by atoms with Crippen molar-refractivity contribution in [1.82, 2.24) is 4.98 Å². The maximum atomic E-state index is 11.6. The summed E-state index contributed by atoms with van der Waals surface area (Å²) in [5.74, 6) is 0.225. The molecule has 0 atom stereocenters. The summed E-state index contributed by atoms with van der Waals surface area (Å²) in [6.45, 7) is 1.91. The van der Waals surface area contributed by atoms with E-state index in [-0.39, 0.29) is 11.1 Å². The number of aryl methyl sites for hydroxylation is 1. The third-order valence-corrected chi connectivity index (χ3v) is 2.97. The highest BCUT2D eigenvalue weighted by atomic mass is 16.5. The Kier molecular flexibility index (Phi) is 3.89. The topological polar surface area (TPSA) is 68.4 Å². The van der Waals surface area contributed by atoms with E-state index in [1.165, 1.54) is 13.2 Å². The lowest BCUT2D eigenvalue weighted by molar-refractivity contribution is 0.0600. The Bertz CT molecular complexity index is 703.